The molecule has 0 saturated heterocycles. The van der Waals surface area contributed by atoms with Crippen LogP contribution in [-0.2, 0) is 0 Å². The summed E-state index contributed by atoms with van der Waals surface area (Å²) in [7, 11) is 0. The smallest absolute Gasteiger partial charge is 0.257 e. The minimum atomic E-state index is -0.881. The maximum atomic E-state index is 13.4. The quantitative estimate of drug-likeness (QED) is 0.905. The van der Waals surface area contributed by atoms with Crippen LogP contribution < -0.4 is 5.32 Å². The third-order valence-corrected chi connectivity index (χ3v) is 3.97. The van der Waals surface area contributed by atoms with Gasteiger partial charge in [-0.2, -0.15) is 0 Å². The van der Waals surface area contributed by atoms with Crippen LogP contribution in [0.5, 0.6) is 0 Å². The Morgan fingerprint density at radius 2 is 1.89 bits per heavy atom. The molecule has 0 unspecified atom stereocenters. The monoisotopic (exact) mass is 301 g/mol. The topological polar surface area (TPSA) is 29.1 Å². The van der Waals surface area contributed by atoms with Crippen LogP contribution in [0.1, 0.15) is 28.2 Å². The van der Waals surface area contributed by atoms with E-state index in [1.165, 1.54) is 17.4 Å². The van der Waals surface area contributed by atoms with E-state index in [0.29, 0.717) is 4.34 Å². The fourth-order valence-electron chi connectivity index (χ4n) is 1.62. The molecular formula is C13H10ClF2NOS. The molecule has 100 valence electrons. The van der Waals surface area contributed by atoms with Gasteiger partial charge in [-0.3, -0.25) is 4.79 Å². The molecule has 0 aliphatic rings. The highest BCUT2D eigenvalue weighted by molar-refractivity contribution is 7.16. The lowest BCUT2D eigenvalue weighted by Crippen LogP contribution is -2.27. The van der Waals surface area contributed by atoms with Gasteiger partial charge in [0.1, 0.15) is 17.2 Å². The number of benzene rings is 1. The Bertz CT molecular complexity index is 594. The summed E-state index contributed by atoms with van der Waals surface area (Å²) in [5.41, 5.74) is -0.572. The number of rotatable bonds is 3. The molecule has 19 heavy (non-hydrogen) atoms. The molecule has 0 aliphatic heterocycles. The van der Waals surface area contributed by atoms with E-state index >= 15 is 0 Å². The van der Waals surface area contributed by atoms with Crippen LogP contribution >= 0.6 is 22.9 Å². The molecule has 1 N–H and O–H groups in total. The van der Waals surface area contributed by atoms with Gasteiger partial charge in [0.05, 0.1) is 10.4 Å². The predicted molar refractivity (Wildman–Crippen MR) is 71.6 cm³/mol. The molecule has 0 saturated carbocycles. The largest absolute Gasteiger partial charge is 0.345 e. The molecule has 1 amide bonds. The van der Waals surface area contributed by atoms with Gasteiger partial charge < -0.3 is 5.32 Å². The van der Waals surface area contributed by atoms with Crippen molar-refractivity contribution in [3.8, 4) is 0 Å². The van der Waals surface area contributed by atoms with Gasteiger partial charge in [-0.05, 0) is 31.2 Å². The molecule has 0 bridgehead atoms. The molecule has 1 heterocycles. The van der Waals surface area contributed by atoms with Crippen molar-refractivity contribution in [3.05, 3.63) is 56.7 Å². The van der Waals surface area contributed by atoms with Crippen LogP contribution in [0, 0.1) is 11.6 Å². The lowest BCUT2D eigenvalue weighted by Gasteiger charge is -2.13. The molecule has 2 aromatic rings. The Kier molecular flexibility index (Phi) is 4.17. The summed E-state index contributed by atoms with van der Waals surface area (Å²) in [5, 5.41) is 2.54. The maximum absolute atomic E-state index is 13.4. The number of halogens is 3. The zero-order valence-corrected chi connectivity index (χ0v) is 11.5. The number of hydrogen-bond acceptors (Lipinski definition) is 2. The van der Waals surface area contributed by atoms with Crippen molar-refractivity contribution < 1.29 is 13.6 Å². The van der Waals surface area contributed by atoms with Gasteiger partial charge in [0.2, 0.25) is 0 Å². The summed E-state index contributed by atoms with van der Waals surface area (Å²) < 4.78 is 27.5. The predicted octanol–water partition coefficient (Wildman–Crippen LogP) is 4.17. The van der Waals surface area contributed by atoms with Crippen LogP contribution in [0.2, 0.25) is 4.34 Å². The van der Waals surface area contributed by atoms with E-state index in [1.54, 1.807) is 19.1 Å². The second kappa shape index (κ2) is 5.67. The van der Waals surface area contributed by atoms with Crippen LogP contribution in [0.25, 0.3) is 0 Å². The minimum Gasteiger partial charge on any atom is -0.345 e. The van der Waals surface area contributed by atoms with Crippen molar-refractivity contribution in [2.75, 3.05) is 0 Å². The first-order valence-corrected chi connectivity index (χ1v) is 6.68. The average molecular weight is 302 g/mol. The SMILES string of the molecule is C[C@H](NC(=O)c1c(F)cccc1F)c1ccc(Cl)s1. The van der Waals surface area contributed by atoms with Gasteiger partial charge in [-0.15, -0.1) is 11.3 Å². The van der Waals surface area contributed by atoms with Crippen molar-refractivity contribution >= 4 is 28.8 Å². The Balaban J connectivity index is 2.17. The van der Waals surface area contributed by atoms with E-state index in [9.17, 15) is 13.6 Å². The van der Waals surface area contributed by atoms with Crippen LogP contribution in [-0.4, -0.2) is 5.91 Å². The maximum Gasteiger partial charge on any atom is 0.257 e. The summed E-state index contributed by atoms with van der Waals surface area (Å²) in [6.45, 7) is 1.72. The van der Waals surface area contributed by atoms with Crippen molar-refractivity contribution in [2.45, 2.75) is 13.0 Å². The average Bonchev–Trinajstić information content (AvgIpc) is 2.75. The highest BCUT2D eigenvalue weighted by atomic mass is 35.5. The van der Waals surface area contributed by atoms with Gasteiger partial charge in [-0.25, -0.2) is 8.78 Å². The van der Waals surface area contributed by atoms with Gasteiger partial charge in [0.15, 0.2) is 0 Å². The Morgan fingerprint density at radius 1 is 1.26 bits per heavy atom. The molecule has 0 aliphatic carbocycles. The second-order valence-electron chi connectivity index (χ2n) is 3.93. The van der Waals surface area contributed by atoms with E-state index in [2.05, 4.69) is 5.32 Å². The zero-order valence-electron chi connectivity index (χ0n) is 9.91. The van der Waals surface area contributed by atoms with Gasteiger partial charge in [0.25, 0.3) is 5.91 Å². The molecular weight excluding hydrogens is 292 g/mol. The molecule has 6 heteroatoms. The molecule has 1 aromatic carbocycles. The Labute approximate surface area is 118 Å². The molecule has 1 aromatic heterocycles. The first-order valence-electron chi connectivity index (χ1n) is 5.49. The number of carbonyl (C=O) groups excluding carboxylic acids is 1. The standard InChI is InChI=1S/C13H10ClF2NOS/c1-7(10-5-6-11(14)19-10)17-13(18)12-8(15)3-2-4-9(12)16/h2-7H,1H3,(H,17,18)/t7-/m0/s1. The Hall–Kier alpha value is -1.46. The van der Waals surface area contributed by atoms with Crippen LogP contribution in [0.3, 0.4) is 0 Å². The summed E-state index contributed by atoms with van der Waals surface area (Å²) >= 11 is 7.10. The van der Waals surface area contributed by atoms with Crippen LogP contribution in [0.4, 0.5) is 8.78 Å². The first-order chi connectivity index (χ1) is 8.99. The van der Waals surface area contributed by atoms with E-state index in [4.69, 9.17) is 11.6 Å². The van der Waals surface area contributed by atoms with E-state index in [1.807, 2.05) is 0 Å². The lowest BCUT2D eigenvalue weighted by molar-refractivity contribution is 0.0932. The number of nitrogens with one attached hydrogen (secondary N) is 1. The van der Waals surface area contributed by atoms with Crippen molar-refractivity contribution in [3.63, 3.8) is 0 Å². The number of amides is 1. The summed E-state index contributed by atoms with van der Waals surface area (Å²) in [6.07, 6.45) is 0. The minimum absolute atomic E-state index is 0.371. The normalized spacial score (nSPS) is 12.2. The molecule has 0 spiro atoms. The molecule has 1 atom stereocenters. The highest BCUT2D eigenvalue weighted by Gasteiger charge is 2.19. The number of hydrogen-bond donors (Lipinski definition) is 1. The van der Waals surface area contributed by atoms with E-state index in [0.717, 1.165) is 17.0 Å². The number of thiophene rings is 1. The third kappa shape index (κ3) is 3.11. The first kappa shape index (κ1) is 14.0. The van der Waals surface area contributed by atoms with Gasteiger partial charge in [0, 0.05) is 4.88 Å². The molecule has 0 radical (unpaired) electrons. The van der Waals surface area contributed by atoms with Crippen molar-refractivity contribution in [2.24, 2.45) is 0 Å². The fraction of sp³-hybridized carbons (Fsp3) is 0.154. The van der Waals surface area contributed by atoms with Crippen LogP contribution in [0.15, 0.2) is 30.3 Å². The molecule has 2 rings (SSSR count). The molecule has 2 nitrogen and oxygen atoms in total. The van der Waals surface area contributed by atoms with Crippen molar-refractivity contribution in [1.29, 1.82) is 0 Å². The Morgan fingerprint density at radius 3 is 2.42 bits per heavy atom. The van der Waals surface area contributed by atoms with Crippen molar-refractivity contribution in [1.82, 2.24) is 5.32 Å². The lowest BCUT2D eigenvalue weighted by atomic mass is 10.1. The van der Waals surface area contributed by atoms with E-state index in [-0.39, 0.29) is 6.04 Å². The van der Waals surface area contributed by atoms with Gasteiger partial charge in [-0.1, -0.05) is 17.7 Å². The third-order valence-electron chi connectivity index (χ3n) is 2.56. The fourth-order valence-corrected chi connectivity index (χ4v) is 2.68. The van der Waals surface area contributed by atoms with E-state index < -0.39 is 23.1 Å². The molecule has 0 fully saturated rings. The van der Waals surface area contributed by atoms with Gasteiger partial charge >= 0.3 is 0 Å². The highest BCUT2D eigenvalue weighted by Crippen LogP contribution is 2.27. The zero-order chi connectivity index (χ0) is 14.0. The second-order valence-corrected chi connectivity index (χ2v) is 5.68. The summed E-state index contributed by atoms with van der Waals surface area (Å²) in [6, 6.07) is 6.40. The number of carbonyl (C=O) groups is 1. The summed E-state index contributed by atoms with van der Waals surface area (Å²) in [5.74, 6) is -2.55. The summed E-state index contributed by atoms with van der Waals surface area (Å²) in [4.78, 5) is 12.7.